The normalized spacial score (nSPS) is 12.9. The number of fused-ring (bicyclic) bond motifs is 1. The Labute approximate surface area is 170 Å². The van der Waals surface area contributed by atoms with Crippen LogP contribution in [-0.2, 0) is 13.0 Å². The molecule has 0 saturated heterocycles. The minimum atomic E-state index is 0.748. The summed E-state index contributed by atoms with van der Waals surface area (Å²) in [4.78, 5) is 11.1. The molecule has 2 heterocycles. The van der Waals surface area contributed by atoms with Gasteiger partial charge < -0.3 is 24.4 Å². The van der Waals surface area contributed by atoms with Crippen molar-refractivity contribution in [2.75, 3.05) is 38.1 Å². The Morgan fingerprint density at radius 3 is 2.28 bits per heavy atom. The molecular weight excluding hydrogens is 368 g/mol. The zero-order valence-corrected chi connectivity index (χ0v) is 16.8. The van der Waals surface area contributed by atoms with Crippen molar-refractivity contribution in [2.24, 2.45) is 0 Å². The predicted octanol–water partition coefficient (Wildman–Crippen LogP) is 3.81. The van der Waals surface area contributed by atoms with E-state index >= 15 is 0 Å². The minimum Gasteiger partial charge on any atom is -0.497 e. The number of methoxy groups -OCH3 is 3. The molecule has 2 aromatic carbocycles. The Morgan fingerprint density at radius 1 is 0.862 bits per heavy atom. The number of nitrogens with one attached hydrogen (secondary N) is 1. The van der Waals surface area contributed by atoms with Crippen LogP contribution < -0.4 is 24.4 Å². The molecule has 0 saturated carbocycles. The van der Waals surface area contributed by atoms with E-state index in [1.54, 1.807) is 27.7 Å². The highest BCUT2D eigenvalue weighted by Crippen LogP contribution is 2.34. The number of rotatable bonds is 6. The maximum atomic E-state index is 5.46. The van der Waals surface area contributed by atoms with Gasteiger partial charge in [-0.3, -0.25) is 0 Å². The Morgan fingerprint density at radius 2 is 1.59 bits per heavy atom. The Bertz CT molecular complexity index is 992. The summed E-state index contributed by atoms with van der Waals surface area (Å²) in [5, 5.41) is 3.32. The Kier molecular flexibility index (Phi) is 5.37. The van der Waals surface area contributed by atoms with E-state index < -0.39 is 0 Å². The Hall–Kier alpha value is -3.48. The van der Waals surface area contributed by atoms with Gasteiger partial charge in [0.15, 0.2) is 11.5 Å². The number of hydrogen-bond donors (Lipinski definition) is 1. The van der Waals surface area contributed by atoms with Crippen molar-refractivity contribution in [3.05, 3.63) is 59.9 Å². The summed E-state index contributed by atoms with van der Waals surface area (Å²) >= 11 is 0. The summed E-state index contributed by atoms with van der Waals surface area (Å²) in [6.07, 6.45) is 2.51. The summed E-state index contributed by atoms with van der Waals surface area (Å²) < 4.78 is 16.1. The van der Waals surface area contributed by atoms with Gasteiger partial charge in [-0.1, -0.05) is 0 Å². The third-order valence-corrected chi connectivity index (χ3v) is 5.06. The van der Waals surface area contributed by atoms with Gasteiger partial charge in [0.25, 0.3) is 0 Å². The molecule has 0 unspecified atom stereocenters. The van der Waals surface area contributed by atoms with Crippen LogP contribution in [0.15, 0.2) is 48.8 Å². The van der Waals surface area contributed by atoms with Crippen molar-refractivity contribution in [1.29, 1.82) is 0 Å². The van der Waals surface area contributed by atoms with Gasteiger partial charge in [-0.15, -0.1) is 0 Å². The molecule has 150 valence electrons. The molecule has 7 nitrogen and oxygen atoms in total. The van der Waals surface area contributed by atoms with E-state index in [1.165, 1.54) is 11.1 Å². The average Bonchev–Trinajstić information content (AvgIpc) is 2.78. The maximum absolute atomic E-state index is 5.46. The number of anilines is 3. The molecule has 3 aromatic rings. The predicted molar refractivity (Wildman–Crippen MR) is 113 cm³/mol. The van der Waals surface area contributed by atoms with E-state index in [-0.39, 0.29) is 0 Å². The third-order valence-electron chi connectivity index (χ3n) is 5.06. The molecule has 0 amide bonds. The van der Waals surface area contributed by atoms with Gasteiger partial charge in [0.2, 0.25) is 0 Å². The highest BCUT2D eigenvalue weighted by Gasteiger charge is 2.20. The summed E-state index contributed by atoms with van der Waals surface area (Å²) in [6.45, 7) is 1.64. The van der Waals surface area contributed by atoms with Crippen LogP contribution in [0.4, 0.5) is 17.3 Å². The van der Waals surface area contributed by atoms with Gasteiger partial charge in [0, 0.05) is 24.8 Å². The van der Waals surface area contributed by atoms with Crippen LogP contribution in [0.3, 0.4) is 0 Å². The van der Waals surface area contributed by atoms with Gasteiger partial charge in [0.05, 0.1) is 21.3 Å². The maximum Gasteiger partial charge on any atom is 0.161 e. The lowest BCUT2D eigenvalue weighted by atomic mass is 9.99. The number of benzene rings is 2. The smallest absolute Gasteiger partial charge is 0.161 e. The van der Waals surface area contributed by atoms with E-state index in [0.29, 0.717) is 0 Å². The molecule has 4 rings (SSSR count). The van der Waals surface area contributed by atoms with Gasteiger partial charge in [0.1, 0.15) is 23.7 Å². The van der Waals surface area contributed by atoms with Crippen LogP contribution in [0.25, 0.3) is 0 Å². The number of nitrogens with zero attached hydrogens (tertiary/aromatic N) is 3. The second-order valence-electron chi connectivity index (χ2n) is 6.76. The van der Waals surface area contributed by atoms with Gasteiger partial charge in [-0.05, 0) is 53.9 Å². The molecule has 1 aliphatic heterocycles. The average molecular weight is 392 g/mol. The fraction of sp³-hybridized carbons (Fsp3) is 0.273. The van der Waals surface area contributed by atoms with Gasteiger partial charge in [-0.25, -0.2) is 9.97 Å². The molecule has 1 N–H and O–H groups in total. The van der Waals surface area contributed by atoms with Crippen LogP contribution in [-0.4, -0.2) is 37.8 Å². The largest absolute Gasteiger partial charge is 0.497 e. The first-order chi connectivity index (χ1) is 14.2. The highest BCUT2D eigenvalue weighted by molar-refractivity contribution is 5.60. The SMILES string of the molecule is COc1ccc(Nc2cc(N3CCc4cc(OC)c(OC)cc4C3)ncn2)cc1. The number of aromatic nitrogens is 2. The first kappa shape index (κ1) is 18.9. The molecule has 1 aromatic heterocycles. The molecule has 7 heteroatoms. The molecule has 0 bridgehead atoms. The summed E-state index contributed by atoms with van der Waals surface area (Å²) in [6, 6.07) is 13.8. The van der Waals surface area contributed by atoms with Crippen LogP contribution in [0.1, 0.15) is 11.1 Å². The van der Waals surface area contributed by atoms with E-state index in [1.807, 2.05) is 30.3 Å². The molecule has 0 atom stereocenters. The third kappa shape index (κ3) is 4.03. The summed E-state index contributed by atoms with van der Waals surface area (Å²) in [5.41, 5.74) is 3.44. The molecule has 0 fully saturated rings. The monoisotopic (exact) mass is 392 g/mol. The lowest BCUT2D eigenvalue weighted by molar-refractivity contribution is 0.353. The second-order valence-corrected chi connectivity index (χ2v) is 6.76. The van der Waals surface area contributed by atoms with Crippen LogP contribution >= 0.6 is 0 Å². The minimum absolute atomic E-state index is 0.748. The molecule has 0 spiro atoms. The quantitative estimate of drug-likeness (QED) is 0.684. The second kappa shape index (κ2) is 8.26. The van der Waals surface area contributed by atoms with E-state index in [0.717, 1.165) is 54.1 Å². The molecule has 1 aliphatic rings. The van der Waals surface area contributed by atoms with E-state index in [2.05, 4.69) is 32.3 Å². The highest BCUT2D eigenvalue weighted by atomic mass is 16.5. The molecule has 29 heavy (non-hydrogen) atoms. The van der Waals surface area contributed by atoms with Crippen molar-refractivity contribution < 1.29 is 14.2 Å². The molecule has 0 aliphatic carbocycles. The topological polar surface area (TPSA) is 68.7 Å². The Balaban J connectivity index is 1.53. The van der Waals surface area contributed by atoms with Crippen LogP contribution in [0, 0.1) is 0 Å². The van der Waals surface area contributed by atoms with E-state index in [9.17, 15) is 0 Å². The summed E-state index contributed by atoms with van der Waals surface area (Å²) in [7, 11) is 4.98. The van der Waals surface area contributed by atoms with Gasteiger partial charge in [-0.2, -0.15) is 0 Å². The van der Waals surface area contributed by atoms with Crippen LogP contribution in [0.2, 0.25) is 0 Å². The summed E-state index contributed by atoms with van der Waals surface area (Å²) in [5.74, 6) is 3.97. The first-order valence-electron chi connectivity index (χ1n) is 9.42. The van der Waals surface area contributed by atoms with Gasteiger partial charge >= 0.3 is 0 Å². The zero-order chi connectivity index (χ0) is 20.2. The van der Waals surface area contributed by atoms with Crippen molar-refractivity contribution in [3.63, 3.8) is 0 Å². The fourth-order valence-corrected chi connectivity index (χ4v) is 3.49. The molecular formula is C22H24N4O3. The fourth-order valence-electron chi connectivity index (χ4n) is 3.49. The first-order valence-corrected chi connectivity index (χ1v) is 9.42. The van der Waals surface area contributed by atoms with E-state index in [4.69, 9.17) is 14.2 Å². The zero-order valence-electron chi connectivity index (χ0n) is 16.8. The van der Waals surface area contributed by atoms with Crippen molar-refractivity contribution >= 4 is 17.3 Å². The number of ether oxygens (including phenoxy) is 3. The molecule has 0 radical (unpaired) electrons. The lowest BCUT2D eigenvalue weighted by Crippen LogP contribution is -2.31. The number of hydrogen-bond acceptors (Lipinski definition) is 7. The van der Waals surface area contributed by atoms with Crippen molar-refractivity contribution in [1.82, 2.24) is 9.97 Å². The van der Waals surface area contributed by atoms with Crippen molar-refractivity contribution in [3.8, 4) is 17.2 Å². The standard InChI is InChI=1S/C22H24N4O3/c1-27-18-6-4-17(5-7-18)25-21-12-22(24-14-23-21)26-9-8-15-10-19(28-2)20(29-3)11-16(15)13-26/h4-7,10-12,14H,8-9,13H2,1-3H3,(H,23,24,25). The lowest BCUT2D eigenvalue weighted by Gasteiger charge is -2.30. The van der Waals surface area contributed by atoms with Crippen LogP contribution in [0.5, 0.6) is 17.2 Å². The van der Waals surface area contributed by atoms with Crippen molar-refractivity contribution in [2.45, 2.75) is 13.0 Å².